The number of amides is 2. The van der Waals surface area contributed by atoms with Crippen molar-refractivity contribution >= 4 is 17.7 Å². The van der Waals surface area contributed by atoms with Crippen LogP contribution in [0.15, 0.2) is 24.3 Å². The highest BCUT2D eigenvalue weighted by Gasteiger charge is 2.15. The van der Waals surface area contributed by atoms with E-state index in [0.717, 1.165) is 0 Å². The number of ether oxygens (including phenoxy) is 1. The van der Waals surface area contributed by atoms with Crippen molar-refractivity contribution in [2.24, 2.45) is 0 Å². The van der Waals surface area contributed by atoms with Gasteiger partial charge in [0.25, 0.3) is 0 Å². The fourth-order valence-electron chi connectivity index (χ4n) is 1.49. The molecule has 0 aliphatic rings. The van der Waals surface area contributed by atoms with Crippen molar-refractivity contribution < 1.29 is 19.4 Å². The molecule has 0 fully saturated rings. The van der Waals surface area contributed by atoms with Gasteiger partial charge >= 0.3 is 12.0 Å². The number of hydrogen-bond acceptors (Lipinski definition) is 4. The van der Waals surface area contributed by atoms with Gasteiger partial charge in [-0.1, -0.05) is 6.07 Å². The fraction of sp³-hybridized carbons (Fsp3) is 0.357. The number of urea groups is 1. The second-order valence-corrected chi connectivity index (χ2v) is 4.46. The minimum Gasteiger partial charge on any atom is -0.482 e. The van der Waals surface area contributed by atoms with Crippen LogP contribution in [0.5, 0.6) is 5.75 Å². The molecule has 1 rings (SSSR count). The first kappa shape index (κ1) is 16.3. The number of hydrogen-bond donors (Lipinski definition) is 2. The predicted molar refractivity (Wildman–Crippen MR) is 76.0 cm³/mol. The van der Waals surface area contributed by atoms with Gasteiger partial charge < -0.3 is 20.1 Å². The molecular weight excluding hydrogens is 274 g/mol. The molecule has 0 saturated heterocycles. The predicted octanol–water partition coefficient (Wildman–Crippen LogP) is 1.92. The van der Waals surface area contributed by atoms with Crippen molar-refractivity contribution in [3.63, 3.8) is 0 Å². The Morgan fingerprint density at radius 1 is 1.52 bits per heavy atom. The summed E-state index contributed by atoms with van der Waals surface area (Å²) in [5.41, 5.74) is 0.485. The molecule has 0 aliphatic carbocycles. The van der Waals surface area contributed by atoms with Gasteiger partial charge in [0.2, 0.25) is 0 Å². The van der Waals surface area contributed by atoms with Crippen molar-refractivity contribution in [3.05, 3.63) is 24.3 Å². The molecule has 21 heavy (non-hydrogen) atoms. The average molecular weight is 291 g/mol. The quantitative estimate of drug-likeness (QED) is 0.833. The van der Waals surface area contributed by atoms with Crippen LogP contribution < -0.4 is 10.1 Å². The Kier molecular flexibility index (Phi) is 6.01. The van der Waals surface area contributed by atoms with Crippen LogP contribution in [0, 0.1) is 11.3 Å². The topological polar surface area (TPSA) is 103 Å². The van der Waals surface area contributed by atoms with Crippen LogP contribution in [0.4, 0.5) is 10.5 Å². The Bertz CT molecular complexity index is 553. The normalized spacial score (nSPS) is 11.1. The first-order chi connectivity index (χ1) is 9.93. The number of benzene rings is 1. The van der Waals surface area contributed by atoms with Crippen LogP contribution in [-0.2, 0) is 4.79 Å². The van der Waals surface area contributed by atoms with Gasteiger partial charge in [-0.05, 0) is 19.1 Å². The molecule has 1 aromatic carbocycles. The molecule has 0 aromatic heterocycles. The van der Waals surface area contributed by atoms with Crippen molar-refractivity contribution in [1.29, 1.82) is 5.26 Å². The number of carbonyl (C=O) groups excluding carboxylic acids is 1. The number of carbonyl (C=O) groups is 2. The Morgan fingerprint density at radius 2 is 2.24 bits per heavy atom. The Hall–Kier alpha value is -2.75. The zero-order valence-corrected chi connectivity index (χ0v) is 11.9. The summed E-state index contributed by atoms with van der Waals surface area (Å²) >= 11 is 0. The van der Waals surface area contributed by atoms with Crippen molar-refractivity contribution in [2.45, 2.75) is 19.4 Å². The van der Waals surface area contributed by atoms with E-state index in [1.54, 1.807) is 32.2 Å². The highest BCUT2D eigenvalue weighted by molar-refractivity contribution is 5.89. The van der Waals surface area contributed by atoms with Gasteiger partial charge in [0, 0.05) is 24.8 Å². The summed E-state index contributed by atoms with van der Waals surface area (Å²) in [6.45, 7) is 1.33. The monoisotopic (exact) mass is 291 g/mol. The fourth-order valence-corrected chi connectivity index (χ4v) is 1.49. The molecule has 7 nitrogen and oxygen atoms in total. The van der Waals surface area contributed by atoms with Crippen molar-refractivity contribution in [1.82, 2.24) is 4.90 Å². The maximum Gasteiger partial charge on any atom is 0.341 e. The van der Waals surface area contributed by atoms with E-state index < -0.39 is 12.6 Å². The Balaban J connectivity index is 2.66. The number of aliphatic carboxylic acids is 1. The number of nitrogens with zero attached hydrogens (tertiary/aromatic N) is 2. The van der Waals surface area contributed by atoms with Crippen LogP contribution >= 0.6 is 0 Å². The SMILES string of the molecule is CC(CC#N)N(C)C(=O)Nc1cccc(OCC(=O)O)c1. The molecule has 0 radical (unpaired) electrons. The third-order valence-electron chi connectivity index (χ3n) is 2.82. The molecule has 1 aromatic rings. The standard InChI is InChI=1S/C14H17N3O4/c1-10(6-7-15)17(2)14(20)16-11-4-3-5-12(8-11)21-9-13(18)19/h3-5,8,10H,6,9H2,1-2H3,(H,16,20)(H,18,19). The molecule has 2 amide bonds. The third-order valence-corrected chi connectivity index (χ3v) is 2.82. The zero-order chi connectivity index (χ0) is 15.8. The number of nitrogens with one attached hydrogen (secondary N) is 1. The van der Waals surface area contributed by atoms with Crippen LogP contribution in [0.2, 0.25) is 0 Å². The summed E-state index contributed by atoms with van der Waals surface area (Å²) in [7, 11) is 1.60. The van der Waals surface area contributed by atoms with Crippen LogP contribution in [-0.4, -0.2) is 41.7 Å². The summed E-state index contributed by atoms with van der Waals surface area (Å²) in [5, 5.41) is 19.8. The van der Waals surface area contributed by atoms with E-state index in [9.17, 15) is 9.59 Å². The zero-order valence-electron chi connectivity index (χ0n) is 11.9. The van der Waals surface area contributed by atoms with Gasteiger partial charge in [-0.15, -0.1) is 0 Å². The molecule has 1 atom stereocenters. The molecule has 0 aliphatic heterocycles. The van der Waals surface area contributed by atoms with Gasteiger partial charge in [-0.25, -0.2) is 9.59 Å². The van der Waals surface area contributed by atoms with Crippen LogP contribution in [0.25, 0.3) is 0 Å². The molecule has 2 N–H and O–H groups in total. The van der Waals surface area contributed by atoms with Gasteiger partial charge in [0.1, 0.15) is 5.75 Å². The molecular formula is C14H17N3O4. The number of carboxylic acid groups (broad SMARTS) is 1. The van der Waals surface area contributed by atoms with E-state index in [0.29, 0.717) is 11.4 Å². The van der Waals surface area contributed by atoms with Gasteiger partial charge in [0.05, 0.1) is 12.5 Å². The minimum atomic E-state index is -1.07. The van der Waals surface area contributed by atoms with Gasteiger partial charge in [0.15, 0.2) is 6.61 Å². The summed E-state index contributed by atoms with van der Waals surface area (Å²) in [6, 6.07) is 7.88. The second-order valence-electron chi connectivity index (χ2n) is 4.46. The largest absolute Gasteiger partial charge is 0.482 e. The van der Waals surface area contributed by atoms with E-state index in [4.69, 9.17) is 15.1 Å². The maximum atomic E-state index is 12.0. The maximum absolute atomic E-state index is 12.0. The lowest BCUT2D eigenvalue weighted by atomic mass is 10.2. The van der Waals surface area contributed by atoms with Gasteiger partial charge in [-0.3, -0.25) is 0 Å². The molecule has 112 valence electrons. The highest BCUT2D eigenvalue weighted by atomic mass is 16.5. The van der Waals surface area contributed by atoms with Crippen molar-refractivity contribution in [3.8, 4) is 11.8 Å². The first-order valence-corrected chi connectivity index (χ1v) is 6.29. The molecule has 1 unspecified atom stereocenters. The van der Waals surface area contributed by atoms with E-state index in [1.807, 2.05) is 6.07 Å². The third kappa shape index (κ3) is 5.40. The average Bonchev–Trinajstić information content (AvgIpc) is 2.45. The van der Waals surface area contributed by atoms with Gasteiger partial charge in [-0.2, -0.15) is 5.26 Å². The summed E-state index contributed by atoms with van der Waals surface area (Å²) in [4.78, 5) is 23.8. The minimum absolute atomic E-state index is 0.207. The lowest BCUT2D eigenvalue weighted by Gasteiger charge is -2.23. The lowest BCUT2D eigenvalue weighted by Crippen LogP contribution is -2.38. The molecule has 0 spiro atoms. The van der Waals surface area contributed by atoms with Crippen LogP contribution in [0.3, 0.4) is 0 Å². The smallest absolute Gasteiger partial charge is 0.341 e. The van der Waals surface area contributed by atoms with E-state index in [2.05, 4.69) is 5.32 Å². The molecule has 0 saturated carbocycles. The molecule has 0 heterocycles. The molecule has 0 bridgehead atoms. The molecule has 7 heteroatoms. The number of nitriles is 1. The van der Waals surface area contributed by atoms with Crippen LogP contribution in [0.1, 0.15) is 13.3 Å². The van der Waals surface area contributed by atoms with E-state index >= 15 is 0 Å². The Morgan fingerprint density at radius 3 is 2.86 bits per heavy atom. The summed E-state index contributed by atoms with van der Waals surface area (Å²) in [6.07, 6.45) is 0.242. The Labute approximate surface area is 122 Å². The second kappa shape index (κ2) is 7.75. The lowest BCUT2D eigenvalue weighted by molar-refractivity contribution is -0.139. The number of rotatable bonds is 6. The number of anilines is 1. The highest BCUT2D eigenvalue weighted by Crippen LogP contribution is 2.18. The van der Waals surface area contributed by atoms with Crippen molar-refractivity contribution in [2.75, 3.05) is 19.0 Å². The summed E-state index contributed by atoms with van der Waals surface area (Å²) < 4.78 is 5.03. The summed E-state index contributed by atoms with van der Waals surface area (Å²) in [5.74, 6) is -0.725. The van der Waals surface area contributed by atoms with E-state index in [1.165, 1.54) is 11.0 Å². The number of carboxylic acids is 1. The van der Waals surface area contributed by atoms with E-state index in [-0.39, 0.29) is 18.5 Å². The first-order valence-electron chi connectivity index (χ1n) is 6.29.